The van der Waals surface area contributed by atoms with Gasteiger partial charge in [0.05, 0.1) is 6.20 Å². The summed E-state index contributed by atoms with van der Waals surface area (Å²) in [6.45, 7) is 1.65. The van der Waals surface area contributed by atoms with Crippen LogP contribution < -0.4 is 5.32 Å². The number of rotatable bonds is 4. The second-order valence-corrected chi connectivity index (χ2v) is 3.62. The molecule has 4 nitrogen and oxygen atoms in total. The van der Waals surface area contributed by atoms with Crippen LogP contribution in [0.1, 0.15) is 10.6 Å². The normalized spacial score (nSPS) is 10.5. The van der Waals surface area contributed by atoms with Gasteiger partial charge < -0.3 is 5.32 Å². The van der Waals surface area contributed by atoms with Crippen LogP contribution in [0.4, 0.5) is 0 Å². The van der Waals surface area contributed by atoms with E-state index < -0.39 is 0 Å². The molecule has 0 bridgehead atoms. The maximum Gasteiger partial charge on any atom is 0.106 e. The number of nitrogens with zero attached hydrogens (tertiary/aromatic N) is 2. The van der Waals surface area contributed by atoms with Crippen LogP contribution >= 0.6 is 11.3 Å². The summed E-state index contributed by atoms with van der Waals surface area (Å²) in [4.78, 5) is 4.17. The number of nitrogens with one attached hydrogen (secondary N) is 2. The second-order valence-electron chi connectivity index (χ2n) is 2.64. The van der Waals surface area contributed by atoms with E-state index in [1.54, 1.807) is 11.3 Å². The monoisotopic (exact) mass is 194 g/mol. The van der Waals surface area contributed by atoms with Crippen molar-refractivity contribution in [3.05, 3.63) is 34.5 Å². The molecule has 0 saturated carbocycles. The molecule has 0 spiro atoms. The van der Waals surface area contributed by atoms with Crippen LogP contribution in [-0.4, -0.2) is 15.2 Å². The molecule has 0 radical (unpaired) electrons. The van der Waals surface area contributed by atoms with E-state index in [4.69, 9.17) is 0 Å². The van der Waals surface area contributed by atoms with Gasteiger partial charge in [0.1, 0.15) is 5.01 Å². The average molecular weight is 194 g/mol. The van der Waals surface area contributed by atoms with Crippen molar-refractivity contribution in [2.75, 3.05) is 0 Å². The highest BCUT2D eigenvalue weighted by atomic mass is 32.1. The molecule has 5 heteroatoms. The van der Waals surface area contributed by atoms with Gasteiger partial charge in [-0.2, -0.15) is 5.10 Å². The van der Waals surface area contributed by atoms with Crippen LogP contribution in [0.15, 0.2) is 24.0 Å². The fourth-order valence-electron chi connectivity index (χ4n) is 1.03. The SMILES string of the molecule is c1csc(CNCc2cn[nH]c2)n1. The molecule has 0 aliphatic carbocycles. The van der Waals surface area contributed by atoms with Gasteiger partial charge in [-0.1, -0.05) is 0 Å². The number of aromatic nitrogens is 3. The first-order valence-electron chi connectivity index (χ1n) is 4.02. The fourth-order valence-corrected chi connectivity index (χ4v) is 1.61. The van der Waals surface area contributed by atoms with Crippen molar-refractivity contribution in [1.82, 2.24) is 20.5 Å². The van der Waals surface area contributed by atoms with Crippen LogP contribution in [0.2, 0.25) is 0 Å². The zero-order valence-corrected chi connectivity index (χ0v) is 7.84. The molecule has 0 aliphatic rings. The summed E-state index contributed by atoms with van der Waals surface area (Å²) in [5.74, 6) is 0. The summed E-state index contributed by atoms with van der Waals surface area (Å²) in [5, 5.41) is 13.0. The Labute approximate surface area is 80.0 Å². The van der Waals surface area contributed by atoms with Crippen LogP contribution in [0.25, 0.3) is 0 Å². The number of hydrogen-bond donors (Lipinski definition) is 2. The molecular formula is C8H10N4S. The van der Waals surface area contributed by atoms with E-state index in [-0.39, 0.29) is 0 Å². The fraction of sp³-hybridized carbons (Fsp3) is 0.250. The lowest BCUT2D eigenvalue weighted by Gasteiger charge is -1.98. The van der Waals surface area contributed by atoms with Crippen molar-refractivity contribution in [2.45, 2.75) is 13.1 Å². The smallest absolute Gasteiger partial charge is 0.106 e. The zero-order valence-electron chi connectivity index (χ0n) is 7.03. The van der Waals surface area contributed by atoms with Crippen molar-refractivity contribution < 1.29 is 0 Å². The molecule has 0 saturated heterocycles. The Bertz CT molecular complexity index is 293. The molecule has 0 aliphatic heterocycles. The average Bonchev–Trinajstić information content (AvgIpc) is 2.75. The second kappa shape index (κ2) is 4.15. The first-order chi connectivity index (χ1) is 6.45. The Hall–Kier alpha value is -1.20. The van der Waals surface area contributed by atoms with Gasteiger partial charge in [0.2, 0.25) is 0 Å². The van der Waals surface area contributed by atoms with E-state index in [0.717, 1.165) is 23.7 Å². The predicted molar refractivity (Wildman–Crippen MR) is 51.2 cm³/mol. The lowest BCUT2D eigenvalue weighted by molar-refractivity contribution is 0.690. The van der Waals surface area contributed by atoms with E-state index in [0.29, 0.717) is 0 Å². The van der Waals surface area contributed by atoms with Gasteiger partial charge in [0, 0.05) is 36.4 Å². The summed E-state index contributed by atoms with van der Waals surface area (Å²) in [6.07, 6.45) is 5.52. The molecule has 2 rings (SSSR count). The maximum atomic E-state index is 4.17. The van der Waals surface area contributed by atoms with Gasteiger partial charge in [-0.15, -0.1) is 11.3 Å². The van der Waals surface area contributed by atoms with Gasteiger partial charge in [-0.25, -0.2) is 4.98 Å². The van der Waals surface area contributed by atoms with Crippen molar-refractivity contribution >= 4 is 11.3 Å². The van der Waals surface area contributed by atoms with Gasteiger partial charge in [0.15, 0.2) is 0 Å². The van der Waals surface area contributed by atoms with E-state index >= 15 is 0 Å². The molecule has 2 N–H and O–H groups in total. The van der Waals surface area contributed by atoms with Crippen LogP contribution in [0.5, 0.6) is 0 Å². The summed E-state index contributed by atoms with van der Waals surface area (Å²) in [5.41, 5.74) is 1.16. The highest BCUT2D eigenvalue weighted by Gasteiger charge is 1.95. The van der Waals surface area contributed by atoms with Crippen molar-refractivity contribution in [1.29, 1.82) is 0 Å². The minimum atomic E-state index is 0.822. The molecule has 0 unspecified atom stereocenters. The molecule has 2 aromatic rings. The number of hydrogen-bond acceptors (Lipinski definition) is 4. The van der Waals surface area contributed by atoms with Gasteiger partial charge in [0.25, 0.3) is 0 Å². The standard InChI is InChI=1S/C8H10N4S/c1-2-13-8(10-1)6-9-3-7-4-11-12-5-7/h1-2,4-5,9H,3,6H2,(H,11,12). The minimum Gasteiger partial charge on any atom is -0.306 e. The van der Waals surface area contributed by atoms with Gasteiger partial charge in [-0.05, 0) is 0 Å². The van der Waals surface area contributed by atoms with E-state index in [1.165, 1.54) is 0 Å². The first-order valence-corrected chi connectivity index (χ1v) is 4.90. The third-order valence-electron chi connectivity index (χ3n) is 1.64. The van der Waals surface area contributed by atoms with Crippen molar-refractivity contribution in [3.63, 3.8) is 0 Å². The molecule has 68 valence electrons. The summed E-state index contributed by atoms with van der Waals surface area (Å²) in [6, 6.07) is 0. The van der Waals surface area contributed by atoms with E-state index in [1.807, 2.05) is 24.0 Å². The summed E-state index contributed by atoms with van der Waals surface area (Å²) in [7, 11) is 0. The topological polar surface area (TPSA) is 53.6 Å². The molecule has 0 fully saturated rings. The van der Waals surface area contributed by atoms with E-state index in [9.17, 15) is 0 Å². The van der Waals surface area contributed by atoms with Crippen molar-refractivity contribution in [2.24, 2.45) is 0 Å². The zero-order chi connectivity index (χ0) is 8.93. The number of aromatic amines is 1. The molecule has 0 aromatic carbocycles. The Morgan fingerprint density at radius 1 is 1.46 bits per heavy atom. The van der Waals surface area contributed by atoms with Crippen molar-refractivity contribution in [3.8, 4) is 0 Å². The molecule has 2 heterocycles. The largest absolute Gasteiger partial charge is 0.306 e. The Balaban J connectivity index is 1.76. The highest BCUT2D eigenvalue weighted by molar-refractivity contribution is 7.09. The molecule has 0 atom stereocenters. The molecular weight excluding hydrogens is 184 g/mol. The van der Waals surface area contributed by atoms with Crippen LogP contribution in [-0.2, 0) is 13.1 Å². The molecule has 13 heavy (non-hydrogen) atoms. The Kier molecular flexibility index (Phi) is 2.68. The lowest BCUT2D eigenvalue weighted by Crippen LogP contribution is -2.11. The molecule has 2 aromatic heterocycles. The summed E-state index contributed by atoms with van der Waals surface area (Å²) >= 11 is 1.66. The Morgan fingerprint density at radius 3 is 3.15 bits per heavy atom. The lowest BCUT2D eigenvalue weighted by atomic mass is 10.3. The van der Waals surface area contributed by atoms with Gasteiger partial charge in [-0.3, -0.25) is 5.10 Å². The first kappa shape index (κ1) is 8.40. The van der Waals surface area contributed by atoms with Crippen LogP contribution in [0.3, 0.4) is 0 Å². The minimum absolute atomic E-state index is 0.822. The highest BCUT2D eigenvalue weighted by Crippen LogP contribution is 2.03. The third-order valence-corrected chi connectivity index (χ3v) is 2.42. The predicted octanol–water partition coefficient (Wildman–Crippen LogP) is 1.16. The van der Waals surface area contributed by atoms with Crippen LogP contribution in [0, 0.1) is 0 Å². The summed E-state index contributed by atoms with van der Waals surface area (Å²) < 4.78 is 0. The quantitative estimate of drug-likeness (QED) is 0.767. The van der Waals surface area contributed by atoms with E-state index in [2.05, 4.69) is 20.5 Å². The van der Waals surface area contributed by atoms with Gasteiger partial charge >= 0.3 is 0 Å². The number of H-pyrrole nitrogens is 1. The number of thiazole rings is 1. The maximum absolute atomic E-state index is 4.17. The third kappa shape index (κ3) is 2.37. The molecule has 0 amide bonds. The Morgan fingerprint density at radius 2 is 2.46 bits per heavy atom.